The van der Waals surface area contributed by atoms with Gasteiger partial charge in [-0.3, -0.25) is 4.79 Å². The van der Waals surface area contributed by atoms with Crippen LogP contribution in [0.4, 0.5) is 0 Å². The molecule has 2 aliphatic rings. The Labute approximate surface area is 85.3 Å². The van der Waals surface area contributed by atoms with Crippen molar-refractivity contribution in [3.63, 3.8) is 0 Å². The van der Waals surface area contributed by atoms with Gasteiger partial charge in [0.25, 0.3) is 0 Å². The van der Waals surface area contributed by atoms with Crippen molar-refractivity contribution in [1.82, 2.24) is 0 Å². The van der Waals surface area contributed by atoms with E-state index in [9.17, 15) is 4.79 Å². The Morgan fingerprint density at radius 2 is 2.21 bits per heavy atom. The SMILES string of the molecule is C=C[C@]1(C)CCC[C@@]2(C)OC(=O)CC21. The van der Waals surface area contributed by atoms with E-state index < -0.39 is 0 Å². The average Bonchev–Trinajstić information content (AvgIpc) is 2.42. The number of ether oxygens (including phenoxy) is 1. The van der Waals surface area contributed by atoms with Gasteiger partial charge in [0.1, 0.15) is 5.60 Å². The minimum Gasteiger partial charge on any atom is -0.459 e. The molecule has 14 heavy (non-hydrogen) atoms. The van der Waals surface area contributed by atoms with E-state index in [4.69, 9.17) is 4.74 Å². The maximum Gasteiger partial charge on any atom is 0.306 e. The van der Waals surface area contributed by atoms with Crippen LogP contribution in [0.3, 0.4) is 0 Å². The van der Waals surface area contributed by atoms with Crippen LogP contribution in [0.5, 0.6) is 0 Å². The molecular formula is C12H18O2. The first-order valence-electron chi connectivity index (χ1n) is 5.36. The lowest BCUT2D eigenvalue weighted by Gasteiger charge is -2.45. The van der Waals surface area contributed by atoms with Crippen molar-refractivity contribution in [2.45, 2.75) is 45.1 Å². The number of esters is 1. The second-order valence-electron chi connectivity index (χ2n) is 5.11. The Bertz CT molecular complexity index is 284. The molecule has 3 atom stereocenters. The molecule has 0 aromatic rings. The number of hydrogen-bond acceptors (Lipinski definition) is 2. The van der Waals surface area contributed by atoms with Gasteiger partial charge < -0.3 is 4.74 Å². The predicted molar refractivity (Wildman–Crippen MR) is 54.8 cm³/mol. The van der Waals surface area contributed by atoms with Crippen molar-refractivity contribution < 1.29 is 9.53 Å². The second-order valence-corrected chi connectivity index (χ2v) is 5.11. The molecule has 1 aliphatic heterocycles. The monoisotopic (exact) mass is 194 g/mol. The largest absolute Gasteiger partial charge is 0.459 e. The van der Waals surface area contributed by atoms with E-state index in [1.807, 2.05) is 6.08 Å². The van der Waals surface area contributed by atoms with E-state index in [-0.39, 0.29) is 17.0 Å². The summed E-state index contributed by atoms with van der Waals surface area (Å²) >= 11 is 0. The van der Waals surface area contributed by atoms with Crippen molar-refractivity contribution >= 4 is 5.97 Å². The molecule has 1 aliphatic carbocycles. The number of allylic oxidation sites excluding steroid dienone is 1. The molecule has 78 valence electrons. The molecule has 2 nitrogen and oxygen atoms in total. The summed E-state index contributed by atoms with van der Waals surface area (Å²) in [4.78, 5) is 11.4. The summed E-state index contributed by atoms with van der Waals surface area (Å²) in [6.07, 6.45) is 5.85. The standard InChI is InChI=1S/C12H18O2/c1-4-11(2)6-5-7-12(3)9(11)8-10(13)14-12/h4,9H,1,5-8H2,2-3H3/t9?,11-,12-/m1/s1. The number of carbonyl (C=O) groups excluding carboxylic acids is 1. The Kier molecular flexibility index (Phi) is 1.98. The Hall–Kier alpha value is -0.790. The fourth-order valence-electron chi connectivity index (χ4n) is 3.15. The zero-order valence-corrected chi connectivity index (χ0v) is 9.01. The third-order valence-electron chi connectivity index (χ3n) is 4.11. The highest BCUT2D eigenvalue weighted by Crippen LogP contribution is 2.53. The molecule has 2 heteroatoms. The molecule has 1 saturated heterocycles. The van der Waals surface area contributed by atoms with E-state index in [0.29, 0.717) is 12.3 Å². The minimum atomic E-state index is -0.224. The first-order chi connectivity index (χ1) is 6.50. The molecule has 0 N–H and O–H groups in total. The third kappa shape index (κ3) is 1.20. The minimum absolute atomic E-state index is 0.0347. The highest BCUT2D eigenvalue weighted by Gasteiger charge is 2.54. The third-order valence-corrected chi connectivity index (χ3v) is 4.11. The molecule has 2 rings (SSSR count). The van der Waals surface area contributed by atoms with Gasteiger partial charge in [-0.15, -0.1) is 6.58 Å². The fraction of sp³-hybridized carbons (Fsp3) is 0.750. The Balaban J connectivity index is 2.34. The van der Waals surface area contributed by atoms with Crippen molar-refractivity contribution in [3.8, 4) is 0 Å². The van der Waals surface area contributed by atoms with Crippen LogP contribution in [0, 0.1) is 11.3 Å². The van der Waals surface area contributed by atoms with E-state index in [1.54, 1.807) is 0 Å². The van der Waals surface area contributed by atoms with Crippen LogP contribution in [-0.2, 0) is 9.53 Å². The number of rotatable bonds is 1. The first-order valence-corrected chi connectivity index (χ1v) is 5.36. The number of hydrogen-bond donors (Lipinski definition) is 0. The summed E-state index contributed by atoms with van der Waals surface area (Å²) in [5.41, 5.74) is -0.141. The lowest BCUT2D eigenvalue weighted by molar-refractivity contribution is -0.151. The van der Waals surface area contributed by atoms with E-state index >= 15 is 0 Å². The molecule has 0 aromatic heterocycles. The zero-order valence-electron chi connectivity index (χ0n) is 9.01. The maximum absolute atomic E-state index is 11.4. The van der Waals surface area contributed by atoms with Crippen LogP contribution in [-0.4, -0.2) is 11.6 Å². The van der Waals surface area contributed by atoms with Crippen LogP contribution in [0.25, 0.3) is 0 Å². The molecule has 1 saturated carbocycles. The topological polar surface area (TPSA) is 26.3 Å². The fourth-order valence-corrected chi connectivity index (χ4v) is 3.15. The Morgan fingerprint density at radius 3 is 2.86 bits per heavy atom. The summed E-state index contributed by atoms with van der Waals surface area (Å²) in [5, 5.41) is 0. The quantitative estimate of drug-likeness (QED) is 0.474. The van der Waals surface area contributed by atoms with Crippen LogP contribution in [0.1, 0.15) is 39.5 Å². The molecule has 1 unspecified atom stereocenters. The van der Waals surface area contributed by atoms with Crippen molar-refractivity contribution in [3.05, 3.63) is 12.7 Å². The van der Waals surface area contributed by atoms with Crippen LogP contribution in [0.2, 0.25) is 0 Å². The summed E-state index contributed by atoms with van der Waals surface area (Å²) in [6.45, 7) is 8.18. The highest BCUT2D eigenvalue weighted by molar-refractivity contribution is 5.73. The van der Waals surface area contributed by atoms with Gasteiger partial charge in [0.2, 0.25) is 0 Å². The number of fused-ring (bicyclic) bond motifs is 1. The van der Waals surface area contributed by atoms with Gasteiger partial charge in [0.15, 0.2) is 0 Å². The maximum atomic E-state index is 11.4. The molecule has 0 amide bonds. The lowest BCUT2D eigenvalue weighted by atomic mass is 9.61. The molecule has 0 radical (unpaired) electrons. The van der Waals surface area contributed by atoms with Crippen LogP contribution >= 0.6 is 0 Å². The van der Waals surface area contributed by atoms with Gasteiger partial charge in [0, 0.05) is 5.92 Å². The van der Waals surface area contributed by atoms with E-state index in [2.05, 4.69) is 20.4 Å². The molecule has 1 heterocycles. The zero-order chi connectivity index (χ0) is 10.4. The van der Waals surface area contributed by atoms with Gasteiger partial charge in [-0.1, -0.05) is 13.0 Å². The molecule has 0 bridgehead atoms. The van der Waals surface area contributed by atoms with Crippen molar-refractivity contribution in [1.29, 1.82) is 0 Å². The normalized spacial score (nSPS) is 47.0. The van der Waals surface area contributed by atoms with Crippen molar-refractivity contribution in [2.75, 3.05) is 0 Å². The highest BCUT2D eigenvalue weighted by atomic mass is 16.6. The average molecular weight is 194 g/mol. The van der Waals surface area contributed by atoms with Gasteiger partial charge in [-0.2, -0.15) is 0 Å². The first kappa shape index (κ1) is 9.75. The van der Waals surface area contributed by atoms with Crippen LogP contribution < -0.4 is 0 Å². The predicted octanol–water partition coefficient (Wildman–Crippen LogP) is 2.68. The van der Waals surface area contributed by atoms with Crippen LogP contribution in [0.15, 0.2) is 12.7 Å². The summed E-state index contributed by atoms with van der Waals surface area (Å²) in [7, 11) is 0. The Morgan fingerprint density at radius 1 is 1.50 bits per heavy atom. The smallest absolute Gasteiger partial charge is 0.306 e. The van der Waals surface area contributed by atoms with Gasteiger partial charge in [-0.25, -0.2) is 0 Å². The summed E-state index contributed by atoms with van der Waals surface area (Å²) in [6, 6.07) is 0. The molecule has 0 spiro atoms. The molecule has 0 aromatic carbocycles. The molecular weight excluding hydrogens is 176 g/mol. The van der Waals surface area contributed by atoms with Crippen molar-refractivity contribution in [2.24, 2.45) is 11.3 Å². The summed E-state index contributed by atoms with van der Waals surface area (Å²) < 4.78 is 5.46. The van der Waals surface area contributed by atoms with Gasteiger partial charge >= 0.3 is 5.97 Å². The van der Waals surface area contributed by atoms with Gasteiger partial charge in [-0.05, 0) is 31.6 Å². The summed E-state index contributed by atoms with van der Waals surface area (Å²) in [5.74, 6) is 0.293. The van der Waals surface area contributed by atoms with Gasteiger partial charge in [0.05, 0.1) is 6.42 Å². The van der Waals surface area contributed by atoms with E-state index in [0.717, 1.165) is 19.3 Å². The van der Waals surface area contributed by atoms with E-state index in [1.165, 1.54) is 0 Å². The second kappa shape index (κ2) is 2.85. The number of carbonyl (C=O) groups is 1. The molecule has 2 fully saturated rings. The lowest BCUT2D eigenvalue weighted by Crippen LogP contribution is -2.44.